The lowest BCUT2D eigenvalue weighted by molar-refractivity contribution is 0.0733. The van der Waals surface area contributed by atoms with Gasteiger partial charge in [0.05, 0.1) is 16.6 Å². The van der Waals surface area contributed by atoms with E-state index in [-0.39, 0.29) is 0 Å². The Balaban J connectivity index is 1.58. The second-order valence-electron chi connectivity index (χ2n) is 6.83. The Morgan fingerprint density at radius 2 is 1.62 bits per heavy atom. The molecule has 0 amide bonds. The fourth-order valence-corrected chi connectivity index (χ4v) is 3.42. The SMILES string of the molecule is CCCCCCOc1ccc(C(=O)Oc2ccc(-c3ccccc3)cc2Br)cc1. The molecule has 29 heavy (non-hydrogen) atoms. The van der Waals surface area contributed by atoms with E-state index >= 15 is 0 Å². The van der Waals surface area contributed by atoms with Crippen molar-refractivity contribution in [1.29, 1.82) is 0 Å². The molecule has 3 rings (SSSR count). The first-order chi connectivity index (χ1) is 14.2. The summed E-state index contributed by atoms with van der Waals surface area (Å²) in [5.74, 6) is 0.866. The van der Waals surface area contributed by atoms with Crippen molar-refractivity contribution in [3.8, 4) is 22.6 Å². The van der Waals surface area contributed by atoms with Gasteiger partial charge < -0.3 is 9.47 Å². The minimum absolute atomic E-state index is 0.396. The van der Waals surface area contributed by atoms with E-state index in [9.17, 15) is 4.79 Å². The molecule has 0 aliphatic carbocycles. The second kappa shape index (κ2) is 10.8. The highest BCUT2D eigenvalue weighted by Gasteiger charge is 2.12. The molecule has 150 valence electrons. The summed E-state index contributed by atoms with van der Waals surface area (Å²) in [6, 6.07) is 22.8. The number of rotatable bonds is 9. The van der Waals surface area contributed by atoms with Gasteiger partial charge in [-0.15, -0.1) is 0 Å². The number of carbonyl (C=O) groups excluding carboxylic acids is 1. The minimum atomic E-state index is -0.396. The summed E-state index contributed by atoms with van der Waals surface area (Å²) in [4.78, 5) is 12.5. The van der Waals surface area contributed by atoms with Gasteiger partial charge in [-0.05, 0) is 69.9 Å². The van der Waals surface area contributed by atoms with Crippen LogP contribution in [-0.4, -0.2) is 12.6 Å². The number of halogens is 1. The van der Waals surface area contributed by atoms with Gasteiger partial charge in [-0.2, -0.15) is 0 Å². The van der Waals surface area contributed by atoms with Crippen molar-refractivity contribution in [2.75, 3.05) is 6.61 Å². The fourth-order valence-electron chi connectivity index (χ4n) is 2.96. The highest BCUT2D eigenvalue weighted by Crippen LogP contribution is 2.31. The molecule has 4 heteroatoms. The van der Waals surface area contributed by atoms with E-state index in [0.29, 0.717) is 17.9 Å². The van der Waals surface area contributed by atoms with Gasteiger partial charge in [-0.25, -0.2) is 4.79 Å². The molecule has 0 aliphatic rings. The van der Waals surface area contributed by atoms with Crippen LogP contribution in [0.1, 0.15) is 43.0 Å². The van der Waals surface area contributed by atoms with E-state index in [1.807, 2.05) is 54.6 Å². The van der Waals surface area contributed by atoms with Crippen LogP contribution >= 0.6 is 15.9 Å². The lowest BCUT2D eigenvalue weighted by Gasteiger charge is -2.10. The zero-order chi connectivity index (χ0) is 20.5. The van der Waals surface area contributed by atoms with Crippen LogP contribution in [0.2, 0.25) is 0 Å². The number of unbranched alkanes of at least 4 members (excludes halogenated alkanes) is 3. The van der Waals surface area contributed by atoms with Gasteiger partial charge in [0.25, 0.3) is 0 Å². The second-order valence-corrected chi connectivity index (χ2v) is 7.69. The largest absolute Gasteiger partial charge is 0.494 e. The van der Waals surface area contributed by atoms with Crippen LogP contribution in [0.15, 0.2) is 77.3 Å². The summed E-state index contributed by atoms with van der Waals surface area (Å²) in [6.45, 7) is 2.89. The van der Waals surface area contributed by atoms with Gasteiger partial charge in [-0.3, -0.25) is 0 Å². The molecule has 0 heterocycles. The standard InChI is InChI=1S/C25H25BrO3/c1-2-3-4-8-17-28-22-14-11-20(12-15-22)25(27)29-24-16-13-21(18-23(24)26)19-9-6-5-7-10-19/h5-7,9-16,18H,2-4,8,17H2,1H3. The number of carbonyl (C=O) groups is 1. The molecule has 3 aromatic carbocycles. The summed E-state index contributed by atoms with van der Waals surface area (Å²) in [5, 5.41) is 0. The third-order valence-electron chi connectivity index (χ3n) is 4.60. The van der Waals surface area contributed by atoms with Crippen molar-refractivity contribution in [2.45, 2.75) is 32.6 Å². The zero-order valence-electron chi connectivity index (χ0n) is 16.6. The summed E-state index contributed by atoms with van der Waals surface area (Å²) in [6.07, 6.45) is 4.67. The topological polar surface area (TPSA) is 35.5 Å². The first-order valence-corrected chi connectivity index (χ1v) is 10.8. The van der Waals surface area contributed by atoms with Gasteiger partial charge >= 0.3 is 5.97 Å². The average Bonchev–Trinajstić information content (AvgIpc) is 2.76. The predicted octanol–water partition coefficient (Wildman–Crippen LogP) is 7.29. The van der Waals surface area contributed by atoms with Gasteiger partial charge in [0.15, 0.2) is 0 Å². The maximum atomic E-state index is 12.5. The van der Waals surface area contributed by atoms with Crippen LogP contribution in [0.5, 0.6) is 11.5 Å². The minimum Gasteiger partial charge on any atom is -0.494 e. The maximum absolute atomic E-state index is 12.5. The Bertz CT molecular complexity index is 921. The van der Waals surface area contributed by atoms with Crippen LogP contribution in [0.3, 0.4) is 0 Å². The molecule has 0 aromatic heterocycles. The smallest absolute Gasteiger partial charge is 0.343 e. The van der Waals surface area contributed by atoms with Crippen molar-refractivity contribution < 1.29 is 14.3 Å². The van der Waals surface area contributed by atoms with Crippen LogP contribution in [0.4, 0.5) is 0 Å². The summed E-state index contributed by atoms with van der Waals surface area (Å²) in [7, 11) is 0. The normalized spacial score (nSPS) is 10.6. The fraction of sp³-hybridized carbons (Fsp3) is 0.240. The number of hydrogen-bond acceptors (Lipinski definition) is 3. The van der Waals surface area contributed by atoms with Crippen molar-refractivity contribution in [3.05, 3.63) is 82.8 Å². The molecule has 0 fully saturated rings. The molecule has 0 spiro atoms. The number of ether oxygens (including phenoxy) is 2. The molecule has 0 unspecified atom stereocenters. The van der Waals surface area contributed by atoms with E-state index in [1.54, 1.807) is 18.2 Å². The Kier molecular flexibility index (Phi) is 7.88. The quantitative estimate of drug-likeness (QED) is 0.194. The van der Waals surface area contributed by atoms with Crippen LogP contribution < -0.4 is 9.47 Å². The molecule has 0 bridgehead atoms. The van der Waals surface area contributed by atoms with E-state index in [1.165, 1.54) is 19.3 Å². The molecule has 0 atom stereocenters. The average molecular weight is 453 g/mol. The van der Waals surface area contributed by atoms with Crippen molar-refractivity contribution >= 4 is 21.9 Å². The van der Waals surface area contributed by atoms with E-state index in [0.717, 1.165) is 27.8 Å². The Labute approximate surface area is 180 Å². The summed E-state index contributed by atoms with van der Waals surface area (Å²) < 4.78 is 12.0. The third-order valence-corrected chi connectivity index (χ3v) is 5.22. The molecule has 0 saturated heterocycles. The molecule has 0 radical (unpaired) electrons. The van der Waals surface area contributed by atoms with Crippen LogP contribution in [0, 0.1) is 0 Å². The molecule has 0 saturated carbocycles. The maximum Gasteiger partial charge on any atom is 0.343 e. The van der Waals surface area contributed by atoms with Crippen LogP contribution in [0.25, 0.3) is 11.1 Å². The Morgan fingerprint density at radius 1 is 0.862 bits per heavy atom. The number of benzene rings is 3. The Morgan fingerprint density at radius 3 is 2.31 bits per heavy atom. The van der Waals surface area contributed by atoms with Crippen LogP contribution in [-0.2, 0) is 0 Å². The Hall–Kier alpha value is -2.59. The lowest BCUT2D eigenvalue weighted by Crippen LogP contribution is -2.09. The van der Waals surface area contributed by atoms with Gasteiger partial charge in [0.2, 0.25) is 0 Å². The zero-order valence-corrected chi connectivity index (χ0v) is 18.2. The molecular weight excluding hydrogens is 428 g/mol. The molecule has 0 aliphatic heterocycles. The summed E-state index contributed by atoms with van der Waals surface area (Å²) in [5.41, 5.74) is 2.65. The first-order valence-electron chi connectivity index (χ1n) is 9.97. The van der Waals surface area contributed by atoms with Crippen molar-refractivity contribution in [1.82, 2.24) is 0 Å². The van der Waals surface area contributed by atoms with Gasteiger partial charge in [0.1, 0.15) is 11.5 Å². The van der Waals surface area contributed by atoms with Gasteiger partial charge in [0, 0.05) is 0 Å². The highest BCUT2D eigenvalue weighted by molar-refractivity contribution is 9.10. The lowest BCUT2D eigenvalue weighted by atomic mass is 10.1. The van der Waals surface area contributed by atoms with Crippen molar-refractivity contribution in [2.24, 2.45) is 0 Å². The summed E-state index contributed by atoms with van der Waals surface area (Å²) >= 11 is 3.51. The number of esters is 1. The number of hydrogen-bond donors (Lipinski definition) is 0. The van der Waals surface area contributed by atoms with Crippen molar-refractivity contribution in [3.63, 3.8) is 0 Å². The third kappa shape index (κ3) is 6.20. The van der Waals surface area contributed by atoms with E-state index in [4.69, 9.17) is 9.47 Å². The molecule has 3 nitrogen and oxygen atoms in total. The molecular formula is C25H25BrO3. The first kappa shape index (κ1) is 21.1. The molecule has 3 aromatic rings. The molecule has 0 N–H and O–H groups in total. The van der Waals surface area contributed by atoms with E-state index in [2.05, 4.69) is 22.9 Å². The highest BCUT2D eigenvalue weighted by atomic mass is 79.9. The van der Waals surface area contributed by atoms with Gasteiger partial charge in [-0.1, -0.05) is 62.6 Å². The monoisotopic (exact) mass is 452 g/mol. The predicted molar refractivity (Wildman–Crippen MR) is 121 cm³/mol. The van der Waals surface area contributed by atoms with E-state index < -0.39 is 5.97 Å².